The molecule has 0 saturated carbocycles. The first kappa shape index (κ1) is 11.2. The van der Waals surface area contributed by atoms with Crippen LogP contribution in [0.3, 0.4) is 0 Å². The Morgan fingerprint density at radius 2 is 2.07 bits per heavy atom. The van der Waals surface area contributed by atoms with E-state index in [1.54, 1.807) is 7.11 Å². The molecule has 0 aliphatic rings. The Kier molecular flexibility index (Phi) is 5.30. The Bertz CT molecular complexity index is 285. The van der Waals surface area contributed by atoms with Gasteiger partial charge in [0.2, 0.25) is 0 Å². The molecule has 76 valence electrons. The maximum absolute atomic E-state index is 4.83. The average Bonchev–Trinajstić information content (AvgIpc) is 2.25. The summed E-state index contributed by atoms with van der Waals surface area (Å²) in [7, 11) is 1.58. The molecule has 0 radical (unpaired) electrons. The van der Waals surface area contributed by atoms with E-state index in [1.165, 1.54) is 0 Å². The molecule has 0 spiro atoms. The van der Waals surface area contributed by atoms with Crippen molar-refractivity contribution >= 4 is 21.6 Å². The smallest absolute Gasteiger partial charge is 0.106 e. The number of halogens is 1. The molecule has 0 unspecified atom stereocenters. The van der Waals surface area contributed by atoms with Gasteiger partial charge in [0.15, 0.2) is 0 Å². The Hall–Kier alpha value is -0.830. The molecule has 0 aliphatic carbocycles. The minimum absolute atomic E-state index is 0.934. The van der Waals surface area contributed by atoms with Gasteiger partial charge in [-0.2, -0.15) is 0 Å². The second-order valence-corrected chi connectivity index (χ2v) is 3.67. The van der Waals surface area contributed by atoms with Gasteiger partial charge < -0.3 is 4.84 Å². The number of oxime groups is 1. The Balaban J connectivity index is 2.73. The van der Waals surface area contributed by atoms with Crippen molar-refractivity contribution in [1.29, 1.82) is 0 Å². The van der Waals surface area contributed by atoms with Crippen molar-refractivity contribution in [3.63, 3.8) is 0 Å². The third-order valence-electron chi connectivity index (χ3n) is 1.86. The molecule has 3 heteroatoms. The van der Waals surface area contributed by atoms with E-state index in [4.69, 9.17) is 4.84 Å². The Labute approximate surface area is 93.1 Å². The molecule has 0 aromatic heterocycles. The van der Waals surface area contributed by atoms with Gasteiger partial charge in [-0.3, -0.25) is 0 Å². The Morgan fingerprint density at radius 3 is 2.64 bits per heavy atom. The van der Waals surface area contributed by atoms with Crippen molar-refractivity contribution in [2.75, 3.05) is 12.4 Å². The largest absolute Gasteiger partial charge is 0.399 e. The highest BCUT2D eigenvalue weighted by Crippen LogP contribution is 2.07. The number of nitrogens with zero attached hydrogens (tertiary/aromatic N) is 1. The van der Waals surface area contributed by atoms with Gasteiger partial charge in [0, 0.05) is 5.33 Å². The van der Waals surface area contributed by atoms with Crippen LogP contribution in [-0.4, -0.2) is 18.2 Å². The van der Waals surface area contributed by atoms with Crippen molar-refractivity contribution in [2.24, 2.45) is 5.16 Å². The van der Waals surface area contributed by atoms with Crippen LogP contribution in [0.1, 0.15) is 18.4 Å². The molecular formula is C11H14BrNO. The van der Waals surface area contributed by atoms with Gasteiger partial charge in [0.25, 0.3) is 0 Å². The third kappa shape index (κ3) is 3.50. The number of benzene rings is 1. The summed E-state index contributed by atoms with van der Waals surface area (Å²) in [5.74, 6) is 0. The summed E-state index contributed by atoms with van der Waals surface area (Å²) in [6.07, 6.45) is 2.00. The van der Waals surface area contributed by atoms with Crippen LogP contribution >= 0.6 is 15.9 Å². The van der Waals surface area contributed by atoms with Crippen LogP contribution in [-0.2, 0) is 4.84 Å². The van der Waals surface area contributed by atoms with Gasteiger partial charge in [0.05, 0.1) is 5.71 Å². The number of hydrogen-bond donors (Lipinski definition) is 0. The predicted molar refractivity (Wildman–Crippen MR) is 63.0 cm³/mol. The number of rotatable bonds is 5. The molecule has 0 amide bonds. The summed E-state index contributed by atoms with van der Waals surface area (Å²) in [6, 6.07) is 10.1. The summed E-state index contributed by atoms with van der Waals surface area (Å²) < 4.78 is 0. The highest BCUT2D eigenvalue weighted by Gasteiger charge is 2.02. The van der Waals surface area contributed by atoms with Crippen LogP contribution in [0.5, 0.6) is 0 Å². The second-order valence-electron chi connectivity index (χ2n) is 2.88. The topological polar surface area (TPSA) is 21.6 Å². The van der Waals surface area contributed by atoms with Crippen molar-refractivity contribution in [2.45, 2.75) is 12.8 Å². The number of hydrogen-bond acceptors (Lipinski definition) is 2. The molecule has 2 nitrogen and oxygen atoms in total. The highest BCUT2D eigenvalue weighted by atomic mass is 79.9. The van der Waals surface area contributed by atoms with Gasteiger partial charge in [-0.05, 0) is 18.4 Å². The number of alkyl halides is 1. The van der Waals surface area contributed by atoms with Crippen LogP contribution in [0.4, 0.5) is 0 Å². The fourth-order valence-corrected chi connectivity index (χ4v) is 1.50. The lowest BCUT2D eigenvalue weighted by atomic mass is 10.1. The zero-order valence-corrected chi connectivity index (χ0v) is 9.83. The van der Waals surface area contributed by atoms with E-state index in [-0.39, 0.29) is 0 Å². The van der Waals surface area contributed by atoms with Gasteiger partial charge in [-0.15, -0.1) is 0 Å². The van der Waals surface area contributed by atoms with Crippen LogP contribution in [0.15, 0.2) is 35.5 Å². The first-order valence-corrected chi connectivity index (χ1v) is 5.72. The molecule has 14 heavy (non-hydrogen) atoms. The zero-order valence-electron chi connectivity index (χ0n) is 8.24. The van der Waals surface area contributed by atoms with Gasteiger partial charge in [-0.25, -0.2) is 0 Å². The van der Waals surface area contributed by atoms with Gasteiger partial charge in [-0.1, -0.05) is 51.4 Å². The lowest BCUT2D eigenvalue weighted by Crippen LogP contribution is -2.01. The fraction of sp³-hybridized carbons (Fsp3) is 0.364. The zero-order chi connectivity index (χ0) is 10.2. The maximum atomic E-state index is 4.83. The molecule has 0 aliphatic heterocycles. The molecular weight excluding hydrogens is 242 g/mol. The minimum atomic E-state index is 0.934. The monoisotopic (exact) mass is 255 g/mol. The van der Waals surface area contributed by atoms with E-state index in [1.807, 2.05) is 30.3 Å². The molecule has 0 saturated heterocycles. The summed E-state index contributed by atoms with van der Waals surface area (Å²) in [5, 5.41) is 5.02. The summed E-state index contributed by atoms with van der Waals surface area (Å²) >= 11 is 3.41. The van der Waals surface area contributed by atoms with Gasteiger partial charge in [0.1, 0.15) is 7.11 Å². The lowest BCUT2D eigenvalue weighted by molar-refractivity contribution is 0.213. The molecule has 0 fully saturated rings. The predicted octanol–water partition coefficient (Wildman–Crippen LogP) is 3.21. The first-order chi connectivity index (χ1) is 6.88. The van der Waals surface area contributed by atoms with E-state index >= 15 is 0 Å². The van der Waals surface area contributed by atoms with E-state index in [0.29, 0.717) is 0 Å². The quantitative estimate of drug-likeness (QED) is 0.450. The Morgan fingerprint density at radius 1 is 1.36 bits per heavy atom. The fourth-order valence-electron chi connectivity index (χ4n) is 1.22. The first-order valence-electron chi connectivity index (χ1n) is 4.60. The maximum Gasteiger partial charge on any atom is 0.106 e. The molecule has 0 N–H and O–H groups in total. The standard InChI is InChI=1S/C11H14BrNO/c1-14-13-11(8-5-9-12)10-6-3-2-4-7-10/h2-4,6-7H,5,8-9H2,1H3. The summed E-state index contributed by atoms with van der Waals surface area (Å²) in [4.78, 5) is 4.83. The second kappa shape index (κ2) is 6.60. The van der Waals surface area contributed by atoms with E-state index in [9.17, 15) is 0 Å². The van der Waals surface area contributed by atoms with E-state index in [0.717, 1.165) is 29.4 Å². The highest BCUT2D eigenvalue weighted by molar-refractivity contribution is 9.09. The van der Waals surface area contributed by atoms with E-state index in [2.05, 4.69) is 21.1 Å². The molecule has 0 atom stereocenters. The summed E-state index contributed by atoms with van der Waals surface area (Å²) in [6.45, 7) is 0. The minimum Gasteiger partial charge on any atom is -0.399 e. The molecule has 0 heterocycles. The normalized spacial score (nSPS) is 11.4. The van der Waals surface area contributed by atoms with E-state index < -0.39 is 0 Å². The van der Waals surface area contributed by atoms with Gasteiger partial charge >= 0.3 is 0 Å². The van der Waals surface area contributed by atoms with Crippen molar-refractivity contribution in [3.8, 4) is 0 Å². The van der Waals surface area contributed by atoms with Crippen LogP contribution < -0.4 is 0 Å². The van der Waals surface area contributed by atoms with Crippen molar-refractivity contribution in [3.05, 3.63) is 35.9 Å². The van der Waals surface area contributed by atoms with Crippen molar-refractivity contribution in [1.82, 2.24) is 0 Å². The third-order valence-corrected chi connectivity index (χ3v) is 2.42. The SMILES string of the molecule is CON=C(CCCBr)c1ccccc1. The van der Waals surface area contributed by atoms with Crippen molar-refractivity contribution < 1.29 is 4.84 Å². The average molecular weight is 256 g/mol. The summed E-state index contributed by atoms with van der Waals surface area (Å²) in [5.41, 5.74) is 2.14. The van der Waals surface area contributed by atoms with Crippen LogP contribution in [0.25, 0.3) is 0 Å². The molecule has 1 aromatic carbocycles. The van der Waals surface area contributed by atoms with Crippen LogP contribution in [0.2, 0.25) is 0 Å². The van der Waals surface area contributed by atoms with Crippen LogP contribution in [0, 0.1) is 0 Å². The molecule has 1 rings (SSSR count). The molecule has 0 bridgehead atoms. The lowest BCUT2D eigenvalue weighted by Gasteiger charge is -2.03. The molecule has 1 aromatic rings.